The Morgan fingerprint density at radius 3 is 1.83 bits per heavy atom. The summed E-state index contributed by atoms with van der Waals surface area (Å²) >= 11 is 0. The normalized spacial score (nSPS) is 17.9. The topological polar surface area (TPSA) is 32.8 Å². The van der Waals surface area contributed by atoms with E-state index in [2.05, 4.69) is 218 Å². The van der Waals surface area contributed by atoms with Crippen molar-refractivity contribution in [3.63, 3.8) is 0 Å². The van der Waals surface area contributed by atoms with Gasteiger partial charge >= 0.3 is 6.85 Å². The Balaban J connectivity index is 1.17. The van der Waals surface area contributed by atoms with Gasteiger partial charge < -0.3 is 18.5 Å². The van der Waals surface area contributed by atoms with Gasteiger partial charge in [0.05, 0.1) is 5.39 Å². The summed E-state index contributed by atoms with van der Waals surface area (Å²) in [6.45, 7) is 21.6. The van der Waals surface area contributed by atoms with E-state index in [-0.39, 0.29) is 28.5 Å². The van der Waals surface area contributed by atoms with Gasteiger partial charge in [0.1, 0.15) is 22.3 Å². The van der Waals surface area contributed by atoms with E-state index in [1.165, 1.54) is 79.0 Å². The largest absolute Gasteiger partial charge is 0.456 e. The van der Waals surface area contributed by atoms with E-state index in [1.54, 1.807) is 0 Å². The molecular formula is C65H59BN2O2. The van der Waals surface area contributed by atoms with Crippen LogP contribution >= 0.6 is 0 Å². The van der Waals surface area contributed by atoms with Crippen LogP contribution in [0, 0.1) is 6.92 Å². The van der Waals surface area contributed by atoms with Gasteiger partial charge in [-0.15, -0.1) is 0 Å². The second-order valence-electron chi connectivity index (χ2n) is 23.8. The zero-order valence-electron chi connectivity index (χ0n) is 42.0. The average molecular weight is 911 g/mol. The lowest BCUT2D eigenvalue weighted by Gasteiger charge is -2.48. The zero-order chi connectivity index (χ0) is 47.8. The summed E-state index contributed by atoms with van der Waals surface area (Å²) in [5.74, 6) is 0. The molecule has 4 heterocycles. The fourth-order valence-electron chi connectivity index (χ4n) is 13.5. The molecule has 0 amide bonds. The maximum atomic E-state index is 7.24. The number of aryl methyl sites for hydroxylation is 1. The highest BCUT2D eigenvalue weighted by atomic mass is 16.3. The number of furan rings is 2. The highest BCUT2D eigenvalue weighted by Crippen LogP contribution is 2.56. The van der Waals surface area contributed by atoms with E-state index in [0.717, 1.165) is 80.0 Å². The van der Waals surface area contributed by atoms with Gasteiger partial charge in [0.15, 0.2) is 0 Å². The molecular weight excluding hydrogens is 852 g/mol. The second kappa shape index (κ2) is 14.1. The first-order valence-corrected chi connectivity index (χ1v) is 25.6. The summed E-state index contributed by atoms with van der Waals surface area (Å²) in [5.41, 5.74) is 24.1. The van der Waals surface area contributed by atoms with Crippen LogP contribution in [-0.2, 0) is 21.7 Å². The monoisotopic (exact) mass is 910 g/mol. The number of para-hydroxylation sites is 2. The van der Waals surface area contributed by atoms with E-state index >= 15 is 0 Å². The molecule has 0 N–H and O–H groups in total. The highest BCUT2D eigenvalue weighted by Gasteiger charge is 2.49. The predicted octanol–water partition coefficient (Wildman–Crippen LogP) is 16.9. The van der Waals surface area contributed by atoms with Gasteiger partial charge in [0, 0.05) is 55.7 Å². The lowest BCUT2D eigenvalue weighted by Crippen LogP contribution is -2.61. The molecule has 4 nitrogen and oxygen atoms in total. The first-order valence-electron chi connectivity index (χ1n) is 25.6. The number of anilines is 5. The van der Waals surface area contributed by atoms with Crippen LogP contribution in [0.2, 0.25) is 0 Å². The lowest BCUT2D eigenvalue weighted by molar-refractivity contribution is 0.332. The van der Waals surface area contributed by atoms with Crippen molar-refractivity contribution in [1.29, 1.82) is 0 Å². The van der Waals surface area contributed by atoms with E-state index in [9.17, 15) is 0 Å². The summed E-state index contributed by atoms with van der Waals surface area (Å²) in [4.78, 5) is 5.36. The lowest BCUT2D eigenvalue weighted by atomic mass is 9.43. The molecule has 8 aromatic carbocycles. The van der Waals surface area contributed by atoms with Gasteiger partial charge in [-0.3, -0.25) is 0 Å². The molecule has 2 aromatic heterocycles. The minimum absolute atomic E-state index is 0.00536. The Hall–Kier alpha value is -6.98. The first-order chi connectivity index (χ1) is 33.6. The quantitative estimate of drug-likeness (QED) is 0.165. The van der Waals surface area contributed by atoms with Crippen molar-refractivity contribution in [2.45, 2.75) is 110 Å². The van der Waals surface area contributed by atoms with Crippen LogP contribution in [0.3, 0.4) is 0 Å². The van der Waals surface area contributed by atoms with Gasteiger partial charge in [-0.2, -0.15) is 0 Å². The molecule has 2 aliphatic heterocycles. The molecule has 14 rings (SSSR count). The minimum Gasteiger partial charge on any atom is -0.456 e. The molecule has 0 saturated heterocycles. The number of nitrogens with zero attached hydrogens (tertiary/aromatic N) is 2. The molecule has 70 heavy (non-hydrogen) atoms. The summed E-state index contributed by atoms with van der Waals surface area (Å²) < 4.78 is 14.1. The molecule has 0 unspecified atom stereocenters. The predicted molar refractivity (Wildman–Crippen MR) is 295 cm³/mol. The molecule has 2 aliphatic carbocycles. The third kappa shape index (κ3) is 5.72. The van der Waals surface area contributed by atoms with Gasteiger partial charge in [-0.25, -0.2) is 0 Å². The Morgan fingerprint density at radius 1 is 0.471 bits per heavy atom. The molecule has 4 aliphatic rings. The summed E-state index contributed by atoms with van der Waals surface area (Å²) in [6, 6.07) is 55.0. The van der Waals surface area contributed by atoms with Gasteiger partial charge in [-0.1, -0.05) is 146 Å². The fourth-order valence-corrected chi connectivity index (χ4v) is 13.5. The Labute approximate surface area is 412 Å². The summed E-state index contributed by atoms with van der Waals surface area (Å²) in [7, 11) is 0. The van der Waals surface area contributed by atoms with Gasteiger partial charge in [0.2, 0.25) is 0 Å². The smallest absolute Gasteiger partial charge is 0.333 e. The Bertz CT molecular complexity index is 3880. The van der Waals surface area contributed by atoms with Crippen LogP contribution in [0.15, 0.2) is 154 Å². The van der Waals surface area contributed by atoms with Crippen molar-refractivity contribution in [3.05, 3.63) is 173 Å². The first kappa shape index (κ1) is 42.0. The van der Waals surface area contributed by atoms with E-state index in [4.69, 9.17) is 8.83 Å². The molecule has 0 saturated carbocycles. The number of hydrogen-bond acceptors (Lipinski definition) is 4. The molecule has 344 valence electrons. The van der Waals surface area contributed by atoms with Crippen LogP contribution < -0.4 is 20.6 Å². The second-order valence-corrected chi connectivity index (χ2v) is 23.8. The third-order valence-electron chi connectivity index (χ3n) is 17.7. The summed E-state index contributed by atoms with van der Waals surface area (Å²) in [5, 5.41) is 4.50. The molecule has 10 aromatic rings. The maximum absolute atomic E-state index is 7.24. The fraction of sp³-hybridized carbons (Fsp3) is 0.262. The molecule has 0 spiro atoms. The van der Waals surface area contributed by atoms with Crippen LogP contribution in [0.1, 0.15) is 109 Å². The number of benzene rings is 8. The molecule has 0 atom stereocenters. The van der Waals surface area contributed by atoms with Crippen molar-refractivity contribution in [2.75, 3.05) is 9.71 Å². The standard InChI is InChI=1S/C65H59BN2O2/c1-38-33-47-49(65(8,9)32-31-63(47,4)5)37-52(38)67-51-27-23-40(39-17-11-10-12-18-39)34-50(51)66-59-53(67)36-45-42-19-13-15-21-54(42)70-61(45)58(59)44-25-28-56-57(43-20-14-16-22-55(43)69-56)60(44)68(66)41-24-26-46-48(35-41)64(6,7)30-29-62(46,2)3/h10-28,33-37H,29-32H2,1-9H3. The van der Waals surface area contributed by atoms with E-state index in [1.807, 2.05) is 0 Å². The van der Waals surface area contributed by atoms with Crippen LogP contribution in [0.25, 0.3) is 66.1 Å². The Kier molecular flexibility index (Phi) is 8.45. The average Bonchev–Trinajstić information content (AvgIpc) is 3.93. The maximum Gasteiger partial charge on any atom is 0.333 e. The van der Waals surface area contributed by atoms with Crippen LogP contribution in [0.4, 0.5) is 28.4 Å². The van der Waals surface area contributed by atoms with Crippen molar-refractivity contribution in [2.24, 2.45) is 0 Å². The van der Waals surface area contributed by atoms with Gasteiger partial charge in [0.25, 0.3) is 0 Å². The SMILES string of the molecule is Cc1cc2c(cc1N1c3ccc(-c4ccccc4)cc3B3c4c1cc1c(oc5ccccc51)c4-c1ccc4oc5ccccc5c4c1N3c1ccc3c(c1)C(C)(C)CCC3(C)C)C(C)(C)CCC2(C)C. The number of rotatable bonds is 3. The third-order valence-corrected chi connectivity index (χ3v) is 17.7. The highest BCUT2D eigenvalue weighted by molar-refractivity contribution is 6.94. The van der Waals surface area contributed by atoms with Crippen LogP contribution in [0.5, 0.6) is 0 Å². The Morgan fingerprint density at radius 2 is 1.10 bits per heavy atom. The van der Waals surface area contributed by atoms with Crippen LogP contribution in [-0.4, -0.2) is 6.85 Å². The van der Waals surface area contributed by atoms with Crippen molar-refractivity contribution < 1.29 is 8.83 Å². The molecule has 0 bridgehead atoms. The zero-order valence-corrected chi connectivity index (χ0v) is 42.0. The van der Waals surface area contributed by atoms with Gasteiger partial charge in [-0.05, 0) is 159 Å². The molecule has 0 fully saturated rings. The van der Waals surface area contributed by atoms with Crippen molar-refractivity contribution in [3.8, 4) is 22.3 Å². The van der Waals surface area contributed by atoms with Crippen molar-refractivity contribution in [1.82, 2.24) is 0 Å². The summed E-state index contributed by atoms with van der Waals surface area (Å²) in [6.07, 6.45) is 4.62. The number of hydrogen-bond donors (Lipinski definition) is 0. The number of fused-ring (bicyclic) bond motifs is 14. The molecule has 5 heteroatoms. The van der Waals surface area contributed by atoms with E-state index < -0.39 is 0 Å². The van der Waals surface area contributed by atoms with E-state index in [0.29, 0.717) is 0 Å². The molecule has 0 radical (unpaired) electrons. The minimum atomic E-state index is -0.240. The van der Waals surface area contributed by atoms with Crippen molar-refractivity contribution >= 4 is 90.1 Å².